The third-order valence-electron chi connectivity index (χ3n) is 3.70. The highest BCUT2D eigenvalue weighted by atomic mass is 16.6. The van der Waals surface area contributed by atoms with Crippen molar-refractivity contribution in [2.45, 2.75) is 65.7 Å². The van der Waals surface area contributed by atoms with E-state index < -0.39 is 17.9 Å². The quantitative estimate of drug-likeness (QED) is 0.220. The van der Waals surface area contributed by atoms with Gasteiger partial charge in [0.15, 0.2) is 5.92 Å². The Bertz CT molecular complexity index is 307. The fraction of sp³-hybridized carbons (Fsp3) is 0.778. The zero-order valence-electron chi connectivity index (χ0n) is 14.4. The molecule has 4 nitrogen and oxygen atoms in total. The van der Waals surface area contributed by atoms with Crippen LogP contribution < -0.4 is 0 Å². The molecule has 0 rings (SSSR count). The van der Waals surface area contributed by atoms with Crippen LogP contribution in [-0.4, -0.2) is 25.2 Å². The summed E-state index contributed by atoms with van der Waals surface area (Å²) in [5, 5.41) is 0. The largest absolute Gasteiger partial charge is 0.465 e. The summed E-state index contributed by atoms with van der Waals surface area (Å²) in [5.74, 6) is -2.11. The predicted octanol–water partition coefficient (Wildman–Crippen LogP) is 4.28. The van der Waals surface area contributed by atoms with Crippen LogP contribution in [0, 0.1) is 11.8 Å². The molecule has 0 radical (unpaired) electrons. The Kier molecular flexibility index (Phi) is 12.5. The molecular formula is C18H32O4. The van der Waals surface area contributed by atoms with Crippen LogP contribution in [0.25, 0.3) is 0 Å². The third-order valence-corrected chi connectivity index (χ3v) is 3.70. The molecule has 22 heavy (non-hydrogen) atoms. The first kappa shape index (κ1) is 20.7. The van der Waals surface area contributed by atoms with Crippen molar-refractivity contribution in [3.05, 3.63) is 12.7 Å². The summed E-state index contributed by atoms with van der Waals surface area (Å²) in [5.41, 5.74) is 0. The molecule has 0 saturated carbocycles. The molecule has 0 aromatic heterocycles. The summed E-state index contributed by atoms with van der Waals surface area (Å²) in [4.78, 5) is 24.1. The molecular weight excluding hydrogens is 280 g/mol. The maximum Gasteiger partial charge on any atom is 0.320 e. The van der Waals surface area contributed by atoms with Crippen molar-refractivity contribution in [1.82, 2.24) is 0 Å². The minimum absolute atomic E-state index is 0.218. The smallest absolute Gasteiger partial charge is 0.320 e. The molecule has 1 atom stereocenters. The molecule has 0 aliphatic rings. The normalized spacial score (nSPS) is 12.0. The molecule has 0 aromatic carbocycles. The number of hydrogen-bond acceptors (Lipinski definition) is 4. The van der Waals surface area contributed by atoms with Gasteiger partial charge in [0.05, 0.1) is 13.2 Å². The van der Waals surface area contributed by atoms with E-state index >= 15 is 0 Å². The first-order valence-electron chi connectivity index (χ1n) is 8.58. The van der Waals surface area contributed by atoms with E-state index in [1.54, 1.807) is 19.9 Å². The Morgan fingerprint density at radius 1 is 0.909 bits per heavy atom. The van der Waals surface area contributed by atoms with Crippen molar-refractivity contribution in [1.29, 1.82) is 0 Å². The summed E-state index contributed by atoms with van der Waals surface area (Å²) in [6.07, 6.45) is 9.47. The van der Waals surface area contributed by atoms with E-state index in [9.17, 15) is 9.59 Å². The van der Waals surface area contributed by atoms with Gasteiger partial charge >= 0.3 is 11.9 Å². The van der Waals surface area contributed by atoms with Crippen molar-refractivity contribution in [3.63, 3.8) is 0 Å². The van der Waals surface area contributed by atoms with E-state index in [1.807, 2.05) is 0 Å². The molecule has 0 aliphatic heterocycles. The van der Waals surface area contributed by atoms with Crippen molar-refractivity contribution in [2.75, 3.05) is 13.2 Å². The monoisotopic (exact) mass is 312 g/mol. The van der Waals surface area contributed by atoms with E-state index in [4.69, 9.17) is 9.47 Å². The lowest BCUT2D eigenvalue weighted by molar-refractivity contribution is -0.163. The van der Waals surface area contributed by atoms with Gasteiger partial charge < -0.3 is 9.47 Å². The van der Waals surface area contributed by atoms with Crippen LogP contribution >= 0.6 is 0 Å². The maximum atomic E-state index is 12.1. The minimum atomic E-state index is -0.881. The molecule has 0 spiro atoms. The van der Waals surface area contributed by atoms with Gasteiger partial charge in [-0.15, -0.1) is 6.58 Å². The highest BCUT2D eigenvalue weighted by Crippen LogP contribution is 2.24. The van der Waals surface area contributed by atoms with Gasteiger partial charge in [0.2, 0.25) is 0 Å². The lowest BCUT2D eigenvalue weighted by atomic mass is 9.87. The number of allylic oxidation sites excluding steroid dienone is 1. The highest BCUT2D eigenvalue weighted by Gasteiger charge is 2.35. The van der Waals surface area contributed by atoms with Gasteiger partial charge in [-0.2, -0.15) is 0 Å². The number of unbranched alkanes of at least 4 members (excludes halogenated alkanes) is 5. The van der Waals surface area contributed by atoms with Crippen LogP contribution in [0.3, 0.4) is 0 Å². The van der Waals surface area contributed by atoms with Crippen LogP contribution in [0.4, 0.5) is 0 Å². The summed E-state index contributed by atoms with van der Waals surface area (Å²) in [6.45, 7) is 9.96. The average molecular weight is 312 g/mol. The second-order valence-electron chi connectivity index (χ2n) is 5.44. The maximum absolute atomic E-state index is 12.1. The number of rotatable bonds is 13. The minimum Gasteiger partial charge on any atom is -0.465 e. The SMILES string of the molecule is C=CC(CCCCCCCC)C(C(=O)OCC)C(=O)OCC. The highest BCUT2D eigenvalue weighted by molar-refractivity contribution is 5.95. The van der Waals surface area contributed by atoms with Gasteiger partial charge in [0.25, 0.3) is 0 Å². The van der Waals surface area contributed by atoms with Crippen LogP contribution in [0.15, 0.2) is 12.7 Å². The summed E-state index contributed by atoms with van der Waals surface area (Å²) >= 11 is 0. The van der Waals surface area contributed by atoms with Gasteiger partial charge in [0.1, 0.15) is 0 Å². The number of carbonyl (C=O) groups is 2. The van der Waals surface area contributed by atoms with Gasteiger partial charge in [-0.1, -0.05) is 51.5 Å². The Labute approximate surface area is 135 Å². The Balaban J connectivity index is 4.52. The summed E-state index contributed by atoms with van der Waals surface area (Å²) < 4.78 is 10.1. The van der Waals surface area contributed by atoms with E-state index in [-0.39, 0.29) is 19.1 Å². The van der Waals surface area contributed by atoms with E-state index in [0.717, 1.165) is 19.3 Å². The van der Waals surface area contributed by atoms with Gasteiger partial charge in [-0.3, -0.25) is 9.59 Å². The van der Waals surface area contributed by atoms with Crippen LogP contribution in [-0.2, 0) is 19.1 Å². The predicted molar refractivity (Wildman–Crippen MR) is 88.4 cm³/mol. The van der Waals surface area contributed by atoms with Crippen LogP contribution in [0.1, 0.15) is 65.7 Å². The molecule has 1 unspecified atom stereocenters. The molecule has 0 amide bonds. The van der Waals surface area contributed by atoms with Crippen molar-refractivity contribution in [2.24, 2.45) is 11.8 Å². The molecule has 0 saturated heterocycles. The van der Waals surface area contributed by atoms with Crippen molar-refractivity contribution >= 4 is 11.9 Å². The van der Waals surface area contributed by atoms with E-state index in [2.05, 4.69) is 13.5 Å². The molecule has 128 valence electrons. The number of ether oxygens (including phenoxy) is 2. The number of carbonyl (C=O) groups excluding carboxylic acids is 2. The first-order chi connectivity index (χ1) is 10.6. The first-order valence-corrected chi connectivity index (χ1v) is 8.58. The Morgan fingerprint density at radius 2 is 1.41 bits per heavy atom. The Hall–Kier alpha value is -1.32. The average Bonchev–Trinajstić information content (AvgIpc) is 2.49. The fourth-order valence-corrected chi connectivity index (χ4v) is 2.49. The van der Waals surface area contributed by atoms with Gasteiger partial charge in [0, 0.05) is 5.92 Å². The lowest BCUT2D eigenvalue weighted by Gasteiger charge is -2.21. The fourth-order valence-electron chi connectivity index (χ4n) is 2.49. The van der Waals surface area contributed by atoms with Crippen molar-refractivity contribution in [3.8, 4) is 0 Å². The molecule has 4 heteroatoms. The van der Waals surface area contributed by atoms with Gasteiger partial charge in [-0.25, -0.2) is 0 Å². The molecule has 0 N–H and O–H groups in total. The standard InChI is InChI=1S/C18H32O4/c1-5-9-10-11-12-13-14-15(6-2)16(17(19)21-7-3)18(20)22-8-4/h6,15-16H,2,5,7-14H2,1,3-4H3. The van der Waals surface area contributed by atoms with E-state index in [1.165, 1.54) is 25.7 Å². The van der Waals surface area contributed by atoms with Gasteiger partial charge in [-0.05, 0) is 20.3 Å². The van der Waals surface area contributed by atoms with Crippen LogP contribution in [0.2, 0.25) is 0 Å². The summed E-state index contributed by atoms with van der Waals surface area (Å²) in [7, 11) is 0. The molecule has 0 aliphatic carbocycles. The number of hydrogen-bond donors (Lipinski definition) is 0. The number of esters is 2. The zero-order chi connectivity index (χ0) is 16.8. The second-order valence-corrected chi connectivity index (χ2v) is 5.44. The molecule has 0 fully saturated rings. The molecule has 0 heterocycles. The zero-order valence-corrected chi connectivity index (χ0v) is 14.4. The van der Waals surface area contributed by atoms with Crippen LogP contribution in [0.5, 0.6) is 0 Å². The summed E-state index contributed by atoms with van der Waals surface area (Å²) in [6, 6.07) is 0. The second kappa shape index (κ2) is 13.4. The molecule has 0 aromatic rings. The van der Waals surface area contributed by atoms with Crippen molar-refractivity contribution < 1.29 is 19.1 Å². The topological polar surface area (TPSA) is 52.6 Å². The molecule has 0 bridgehead atoms. The lowest BCUT2D eigenvalue weighted by Crippen LogP contribution is -2.33. The van der Waals surface area contributed by atoms with E-state index in [0.29, 0.717) is 0 Å². The Morgan fingerprint density at radius 3 is 1.86 bits per heavy atom. The third kappa shape index (κ3) is 8.20.